The lowest BCUT2D eigenvalue weighted by atomic mass is 9.81. The molecular formula is C21H28N2O. The van der Waals surface area contributed by atoms with E-state index >= 15 is 0 Å². The van der Waals surface area contributed by atoms with Gasteiger partial charge in [-0.3, -0.25) is 4.90 Å². The Morgan fingerprint density at radius 3 is 1.83 bits per heavy atom. The fraction of sp³-hybridized carbons (Fsp3) is 0.429. The molecule has 3 nitrogen and oxygen atoms in total. The van der Waals surface area contributed by atoms with Gasteiger partial charge in [0.15, 0.2) is 0 Å². The molecule has 0 bridgehead atoms. The predicted molar refractivity (Wildman–Crippen MR) is 99.1 cm³/mol. The van der Waals surface area contributed by atoms with Crippen molar-refractivity contribution >= 4 is 0 Å². The highest BCUT2D eigenvalue weighted by atomic mass is 16.3. The first-order valence-corrected chi connectivity index (χ1v) is 8.92. The molecule has 0 aromatic heterocycles. The zero-order valence-corrected chi connectivity index (χ0v) is 14.5. The number of aliphatic hydroxyl groups is 1. The quantitative estimate of drug-likeness (QED) is 0.857. The monoisotopic (exact) mass is 324 g/mol. The maximum Gasteiger partial charge on any atom is 0.0879 e. The first-order valence-electron chi connectivity index (χ1n) is 8.92. The summed E-state index contributed by atoms with van der Waals surface area (Å²) in [5, 5.41) is 15.1. The molecule has 0 saturated carbocycles. The van der Waals surface area contributed by atoms with Gasteiger partial charge >= 0.3 is 0 Å². The molecule has 0 radical (unpaired) electrons. The molecule has 2 aromatic rings. The van der Waals surface area contributed by atoms with Crippen molar-refractivity contribution in [2.45, 2.75) is 31.4 Å². The van der Waals surface area contributed by atoms with Gasteiger partial charge in [0.05, 0.1) is 5.60 Å². The summed E-state index contributed by atoms with van der Waals surface area (Å²) >= 11 is 0. The van der Waals surface area contributed by atoms with Crippen LogP contribution in [0.1, 0.15) is 18.1 Å². The van der Waals surface area contributed by atoms with Crippen molar-refractivity contribution in [2.75, 3.05) is 26.2 Å². The van der Waals surface area contributed by atoms with Crippen LogP contribution in [-0.2, 0) is 12.8 Å². The zero-order chi connectivity index (χ0) is 16.8. The highest BCUT2D eigenvalue weighted by Crippen LogP contribution is 2.26. The van der Waals surface area contributed by atoms with Crippen LogP contribution in [0, 0.1) is 0 Å². The maximum absolute atomic E-state index is 11.7. The summed E-state index contributed by atoms with van der Waals surface area (Å²) in [7, 11) is 0. The van der Waals surface area contributed by atoms with Crippen LogP contribution in [0.3, 0.4) is 0 Å². The predicted octanol–water partition coefficient (Wildman–Crippen LogP) is 2.50. The summed E-state index contributed by atoms with van der Waals surface area (Å²) in [6.07, 6.45) is 1.35. The Kier molecular flexibility index (Phi) is 5.67. The van der Waals surface area contributed by atoms with Gasteiger partial charge in [0, 0.05) is 45.1 Å². The van der Waals surface area contributed by atoms with E-state index in [0.29, 0.717) is 12.8 Å². The molecule has 0 spiro atoms. The van der Waals surface area contributed by atoms with E-state index in [1.54, 1.807) is 0 Å². The molecule has 1 aliphatic heterocycles. The minimum absolute atomic E-state index is 0.111. The number of nitrogens with zero attached hydrogens (tertiary/aromatic N) is 1. The Morgan fingerprint density at radius 2 is 1.38 bits per heavy atom. The molecule has 1 atom stereocenters. The Bertz CT molecular complexity index is 567. The van der Waals surface area contributed by atoms with Crippen LogP contribution in [-0.4, -0.2) is 47.8 Å². The molecular weight excluding hydrogens is 296 g/mol. The van der Waals surface area contributed by atoms with Crippen LogP contribution >= 0.6 is 0 Å². The Labute approximate surface area is 145 Å². The van der Waals surface area contributed by atoms with Gasteiger partial charge in [0.1, 0.15) is 0 Å². The summed E-state index contributed by atoms with van der Waals surface area (Å²) in [5.74, 6) is 0. The van der Waals surface area contributed by atoms with Crippen LogP contribution in [0.15, 0.2) is 60.7 Å². The van der Waals surface area contributed by atoms with Crippen molar-refractivity contribution in [3.05, 3.63) is 71.8 Å². The minimum Gasteiger partial charge on any atom is -0.388 e. The van der Waals surface area contributed by atoms with Crippen molar-refractivity contribution in [1.82, 2.24) is 10.2 Å². The van der Waals surface area contributed by atoms with Gasteiger partial charge in [0.25, 0.3) is 0 Å². The lowest BCUT2D eigenvalue weighted by molar-refractivity contribution is -0.0436. The normalized spacial score (nSPS) is 17.6. The summed E-state index contributed by atoms with van der Waals surface area (Å²) in [4.78, 5) is 2.42. The van der Waals surface area contributed by atoms with E-state index in [4.69, 9.17) is 0 Å². The van der Waals surface area contributed by atoms with Crippen molar-refractivity contribution in [3.63, 3.8) is 0 Å². The lowest BCUT2D eigenvalue weighted by Gasteiger charge is -2.43. The standard InChI is InChI=1S/C21H28N2O/c1-18(23-14-12-22-13-15-23)21(24,16-19-8-4-2-5-9-19)17-20-10-6-3-7-11-20/h2-11,18,22,24H,12-17H2,1H3. The summed E-state index contributed by atoms with van der Waals surface area (Å²) in [5.41, 5.74) is 1.61. The average Bonchev–Trinajstić information content (AvgIpc) is 2.63. The second-order valence-corrected chi connectivity index (χ2v) is 6.89. The lowest BCUT2D eigenvalue weighted by Crippen LogP contribution is -2.58. The Morgan fingerprint density at radius 1 is 0.917 bits per heavy atom. The van der Waals surface area contributed by atoms with Gasteiger partial charge < -0.3 is 10.4 Å². The molecule has 2 aromatic carbocycles. The summed E-state index contributed by atoms with van der Waals surface area (Å²) < 4.78 is 0. The number of hydrogen-bond donors (Lipinski definition) is 2. The summed E-state index contributed by atoms with van der Waals surface area (Å²) in [6, 6.07) is 20.8. The van der Waals surface area contributed by atoms with E-state index < -0.39 is 5.60 Å². The second-order valence-electron chi connectivity index (χ2n) is 6.89. The van der Waals surface area contributed by atoms with Crippen LogP contribution < -0.4 is 5.32 Å². The Hall–Kier alpha value is -1.68. The molecule has 3 rings (SSSR count). The molecule has 1 saturated heterocycles. The number of hydrogen-bond acceptors (Lipinski definition) is 3. The van der Waals surface area contributed by atoms with Crippen molar-refractivity contribution in [2.24, 2.45) is 0 Å². The molecule has 24 heavy (non-hydrogen) atoms. The van der Waals surface area contributed by atoms with Gasteiger partial charge in [-0.1, -0.05) is 60.7 Å². The van der Waals surface area contributed by atoms with Gasteiger partial charge in [-0.15, -0.1) is 0 Å². The smallest absolute Gasteiger partial charge is 0.0879 e. The van der Waals surface area contributed by atoms with Gasteiger partial charge in [0.2, 0.25) is 0 Å². The average molecular weight is 324 g/mol. The molecule has 1 aliphatic rings. The van der Waals surface area contributed by atoms with Crippen LogP contribution in [0.4, 0.5) is 0 Å². The molecule has 1 heterocycles. The molecule has 1 unspecified atom stereocenters. The van der Waals surface area contributed by atoms with E-state index in [1.807, 2.05) is 36.4 Å². The van der Waals surface area contributed by atoms with E-state index in [1.165, 1.54) is 11.1 Å². The largest absolute Gasteiger partial charge is 0.388 e. The highest BCUT2D eigenvalue weighted by molar-refractivity contribution is 5.23. The fourth-order valence-corrected chi connectivity index (χ4v) is 3.67. The number of rotatable bonds is 6. The third kappa shape index (κ3) is 4.23. The minimum atomic E-state index is -0.778. The first kappa shape index (κ1) is 17.2. The molecule has 2 N–H and O–H groups in total. The number of nitrogens with one attached hydrogen (secondary N) is 1. The topological polar surface area (TPSA) is 35.5 Å². The zero-order valence-electron chi connectivity index (χ0n) is 14.5. The first-order chi connectivity index (χ1) is 11.7. The Balaban J connectivity index is 1.84. The third-order valence-electron chi connectivity index (χ3n) is 5.18. The summed E-state index contributed by atoms with van der Waals surface area (Å²) in [6.45, 7) is 6.16. The van der Waals surface area contributed by atoms with Crippen LogP contribution in [0.25, 0.3) is 0 Å². The van der Waals surface area contributed by atoms with Crippen molar-refractivity contribution in [3.8, 4) is 0 Å². The van der Waals surface area contributed by atoms with E-state index in [9.17, 15) is 5.11 Å². The fourth-order valence-electron chi connectivity index (χ4n) is 3.67. The van der Waals surface area contributed by atoms with Crippen LogP contribution in [0.5, 0.6) is 0 Å². The van der Waals surface area contributed by atoms with Gasteiger partial charge in [-0.05, 0) is 18.1 Å². The molecule has 1 fully saturated rings. The van der Waals surface area contributed by atoms with Crippen molar-refractivity contribution < 1.29 is 5.11 Å². The van der Waals surface area contributed by atoms with E-state index in [-0.39, 0.29) is 6.04 Å². The molecule has 0 aliphatic carbocycles. The SMILES string of the molecule is CC(N1CCNCC1)C(O)(Cc1ccccc1)Cc1ccccc1. The number of benzene rings is 2. The van der Waals surface area contributed by atoms with Crippen molar-refractivity contribution in [1.29, 1.82) is 0 Å². The molecule has 0 amide bonds. The van der Waals surface area contributed by atoms with Gasteiger partial charge in [-0.2, -0.15) is 0 Å². The maximum atomic E-state index is 11.7. The third-order valence-corrected chi connectivity index (χ3v) is 5.18. The molecule has 3 heteroatoms. The highest BCUT2D eigenvalue weighted by Gasteiger charge is 2.38. The van der Waals surface area contributed by atoms with E-state index in [2.05, 4.69) is 41.4 Å². The van der Waals surface area contributed by atoms with E-state index in [0.717, 1.165) is 26.2 Å². The van der Waals surface area contributed by atoms with Crippen LogP contribution in [0.2, 0.25) is 0 Å². The second kappa shape index (κ2) is 7.93. The molecule has 128 valence electrons. The number of piperazine rings is 1. The van der Waals surface area contributed by atoms with Gasteiger partial charge in [-0.25, -0.2) is 0 Å².